The van der Waals surface area contributed by atoms with E-state index in [1.165, 1.54) is 0 Å². The highest BCUT2D eigenvalue weighted by molar-refractivity contribution is 6.05. The third kappa shape index (κ3) is 6.20. The van der Waals surface area contributed by atoms with Gasteiger partial charge < -0.3 is 14.8 Å². The van der Waals surface area contributed by atoms with E-state index >= 15 is 0 Å². The molecule has 32 heavy (non-hydrogen) atoms. The molecule has 0 saturated carbocycles. The molecule has 0 aliphatic rings. The van der Waals surface area contributed by atoms with E-state index in [0.29, 0.717) is 18.2 Å². The van der Waals surface area contributed by atoms with E-state index in [1.54, 1.807) is 6.92 Å². The van der Waals surface area contributed by atoms with Crippen LogP contribution in [0.1, 0.15) is 22.8 Å². The number of rotatable bonds is 7. The minimum absolute atomic E-state index is 0.0714. The maximum atomic E-state index is 13.3. The van der Waals surface area contributed by atoms with Gasteiger partial charge in [0.05, 0.1) is 17.9 Å². The van der Waals surface area contributed by atoms with Crippen molar-refractivity contribution in [3.63, 3.8) is 0 Å². The van der Waals surface area contributed by atoms with Crippen LogP contribution in [0.15, 0.2) is 42.5 Å². The highest BCUT2D eigenvalue weighted by Crippen LogP contribution is 2.37. The van der Waals surface area contributed by atoms with Gasteiger partial charge in [0.25, 0.3) is 12.1 Å². The summed E-state index contributed by atoms with van der Waals surface area (Å²) >= 11 is 0. The van der Waals surface area contributed by atoms with Gasteiger partial charge in [0.1, 0.15) is 11.5 Å². The predicted molar refractivity (Wildman–Crippen MR) is 93.5 cm³/mol. The van der Waals surface area contributed by atoms with Crippen LogP contribution >= 0.6 is 0 Å². The molecule has 0 saturated heterocycles. The normalized spacial score (nSPS) is 13.4. The summed E-state index contributed by atoms with van der Waals surface area (Å²) in [6, 6.07) is 5.38. The number of amides is 1. The van der Waals surface area contributed by atoms with Gasteiger partial charge >= 0.3 is 18.5 Å². The fourth-order valence-electron chi connectivity index (χ4n) is 2.35. The van der Waals surface area contributed by atoms with E-state index in [0.717, 1.165) is 24.3 Å². The second-order valence-corrected chi connectivity index (χ2v) is 6.19. The number of hydrogen-bond donors (Lipinski definition) is 1. The van der Waals surface area contributed by atoms with E-state index in [2.05, 4.69) is 10.1 Å². The topological polar surface area (TPSA) is 47.6 Å². The molecule has 1 amide bonds. The highest BCUT2D eigenvalue weighted by Gasteiger charge is 2.59. The molecule has 0 aromatic heterocycles. The number of alkyl halides is 9. The second-order valence-electron chi connectivity index (χ2n) is 6.19. The smallest absolute Gasteiger partial charge is 0.439 e. The van der Waals surface area contributed by atoms with Crippen molar-refractivity contribution in [1.29, 1.82) is 0 Å². The molecule has 1 unspecified atom stereocenters. The van der Waals surface area contributed by atoms with Crippen molar-refractivity contribution in [2.24, 2.45) is 0 Å². The minimum atomic E-state index is -5.87. The molecule has 13 heteroatoms. The van der Waals surface area contributed by atoms with Gasteiger partial charge in [-0.3, -0.25) is 4.79 Å². The van der Waals surface area contributed by atoms with Crippen molar-refractivity contribution in [2.45, 2.75) is 31.6 Å². The minimum Gasteiger partial charge on any atom is -0.492 e. The van der Waals surface area contributed by atoms with Gasteiger partial charge in [0.15, 0.2) is 0 Å². The SMILES string of the molecule is CCOc1ccc(C(F)(F)F)cc1NC(=O)c1ccc(OC(F)(F)C(F)C(F)(F)F)cc1. The molecule has 0 heterocycles. The molecular weight excluding hydrogens is 461 g/mol. The Labute approximate surface area is 174 Å². The lowest BCUT2D eigenvalue weighted by atomic mass is 10.1. The summed E-state index contributed by atoms with van der Waals surface area (Å²) in [7, 11) is 0. The fraction of sp³-hybridized carbons (Fsp3) is 0.316. The zero-order valence-corrected chi connectivity index (χ0v) is 16.0. The molecule has 0 aliphatic carbocycles. The first kappa shape index (κ1) is 25.1. The summed E-state index contributed by atoms with van der Waals surface area (Å²) in [5, 5.41) is 2.17. The fourth-order valence-corrected chi connectivity index (χ4v) is 2.35. The number of carbonyl (C=O) groups is 1. The van der Waals surface area contributed by atoms with Crippen LogP contribution in [-0.2, 0) is 6.18 Å². The largest absolute Gasteiger partial charge is 0.492 e. The van der Waals surface area contributed by atoms with Crippen LogP contribution in [0.3, 0.4) is 0 Å². The molecule has 0 bridgehead atoms. The van der Waals surface area contributed by atoms with Crippen LogP contribution in [0.5, 0.6) is 11.5 Å². The maximum Gasteiger partial charge on any atom is 0.439 e. The van der Waals surface area contributed by atoms with Crippen LogP contribution in [0.25, 0.3) is 0 Å². The summed E-state index contributed by atoms with van der Waals surface area (Å²) in [6.07, 6.45) is -20.4. The summed E-state index contributed by atoms with van der Waals surface area (Å²) in [4.78, 5) is 12.3. The standard InChI is InChI=1S/C19H14F9NO3/c1-2-31-14-8-5-11(17(21,22)23)9-13(14)29-15(30)10-3-6-12(7-4-10)32-19(27,28)16(20)18(24,25)26/h3-9,16H,2H2,1H3,(H,29,30). The Bertz CT molecular complexity index is 941. The highest BCUT2D eigenvalue weighted by atomic mass is 19.4. The zero-order chi connectivity index (χ0) is 24.3. The molecule has 0 radical (unpaired) electrons. The van der Waals surface area contributed by atoms with Gasteiger partial charge in [0.2, 0.25) is 0 Å². The molecule has 0 aliphatic heterocycles. The van der Waals surface area contributed by atoms with Gasteiger partial charge in [-0.1, -0.05) is 0 Å². The summed E-state index contributed by atoms with van der Waals surface area (Å²) in [6.45, 7) is 1.63. The number of nitrogens with one attached hydrogen (secondary N) is 1. The van der Waals surface area contributed by atoms with Gasteiger partial charge in [0, 0.05) is 5.56 Å². The Hall–Kier alpha value is -3.12. The number of ether oxygens (including phenoxy) is 2. The Morgan fingerprint density at radius 1 is 0.969 bits per heavy atom. The van der Waals surface area contributed by atoms with Crippen molar-refractivity contribution in [1.82, 2.24) is 0 Å². The van der Waals surface area contributed by atoms with Gasteiger partial charge in [-0.2, -0.15) is 35.1 Å². The molecule has 176 valence electrons. The molecular formula is C19H14F9NO3. The number of halogens is 9. The first-order valence-corrected chi connectivity index (χ1v) is 8.68. The predicted octanol–water partition coefficient (Wildman–Crippen LogP) is 6.23. The molecule has 1 N–H and O–H groups in total. The van der Waals surface area contributed by atoms with E-state index < -0.39 is 41.9 Å². The Morgan fingerprint density at radius 2 is 1.56 bits per heavy atom. The number of anilines is 1. The van der Waals surface area contributed by atoms with Crippen LogP contribution in [0.2, 0.25) is 0 Å². The average Bonchev–Trinajstić information content (AvgIpc) is 2.67. The van der Waals surface area contributed by atoms with Crippen LogP contribution in [0, 0.1) is 0 Å². The van der Waals surface area contributed by atoms with Gasteiger partial charge in [-0.05, 0) is 49.4 Å². The monoisotopic (exact) mass is 475 g/mol. The van der Waals surface area contributed by atoms with Crippen LogP contribution in [-0.4, -0.2) is 31.0 Å². The molecule has 0 fully saturated rings. The Morgan fingerprint density at radius 3 is 2.06 bits per heavy atom. The van der Waals surface area contributed by atoms with Gasteiger partial charge in [-0.15, -0.1) is 0 Å². The van der Waals surface area contributed by atoms with E-state index in [4.69, 9.17) is 4.74 Å². The van der Waals surface area contributed by atoms with Crippen molar-refractivity contribution < 1.29 is 53.8 Å². The quantitative estimate of drug-likeness (QED) is 0.483. The summed E-state index contributed by atoms with van der Waals surface area (Å²) < 4.78 is 124. The van der Waals surface area contributed by atoms with Crippen molar-refractivity contribution in [3.8, 4) is 11.5 Å². The number of carbonyl (C=O) groups excluding carboxylic acids is 1. The zero-order valence-electron chi connectivity index (χ0n) is 16.0. The average molecular weight is 475 g/mol. The maximum absolute atomic E-state index is 13.3. The Kier molecular flexibility index (Phi) is 7.20. The van der Waals surface area contributed by atoms with Crippen LogP contribution in [0.4, 0.5) is 45.2 Å². The Balaban J connectivity index is 2.20. The number of hydrogen-bond acceptors (Lipinski definition) is 3. The first-order valence-electron chi connectivity index (χ1n) is 8.68. The van der Waals surface area contributed by atoms with Crippen molar-refractivity contribution >= 4 is 11.6 Å². The molecule has 4 nitrogen and oxygen atoms in total. The molecule has 2 aromatic carbocycles. The van der Waals surface area contributed by atoms with E-state index in [-0.39, 0.29) is 23.6 Å². The van der Waals surface area contributed by atoms with Crippen molar-refractivity contribution in [3.05, 3.63) is 53.6 Å². The third-order valence-electron chi connectivity index (χ3n) is 3.81. The lowest BCUT2D eigenvalue weighted by Gasteiger charge is -2.23. The second kappa shape index (κ2) is 9.17. The lowest BCUT2D eigenvalue weighted by molar-refractivity contribution is -0.304. The molecule has 2 rings (SSSR count). The molecule has 1 atom stereocenters. The lowest BCUT2D eigenvalue weighted by Crippen LogP contribution is -2.45. The summed E-state index contributed by atoms with van der Waals surface area (Å²) in [5.41, 5.74) is -1.68. The van der Waals surface area contributed by atoms with Crippen molar-refractivity contribution in [2.75, 3.05) is 11.9 Å². The number of benzene rings is 2. The summed E-state index contributed by atoms with van der Waals surface area (Å²) in [5.74, 6) is -1.94. The van der Waals surface area contributed by atoms with Gasteiger partial charge in [-0.25, -0.2) is 4.39 Å². The molecule has 2 aromatic rings. The third-order valence-corrected chi connectivity index (χ3v) is 3.81. The first-order chi connectivity index (χ1) is 14.6. The van der Waals surface area contributed by atoms with Crippen LogP contribution < -0.4 is 14.8 Å². The van der Waals surface area contributed by atoms with E-state index in [9.17, 15) is 44.3 Å². The van der Waals surface area contributed by atoms with E-state index in [1.807, 2.05) is 0 Å². The molecule has 0 spiro atoms.